The van der Waals surface area contributed by atoms with Gasteiger partial charge in [-0.3, -0.25) is 0 Å². The van der Waals surface area contributed by atoms with Crippen molar-refractivity contribution in [1.82, 2.24) is 0 Å². The van der Waals surface area contributed by atoms with Gasteiger partial charge in [0.2, 0.25) is 0 Å². The van der Waals surface area contributed by atoms with E-state index in [2.05, 4.69) is 27.8 Å². The quantitative estimate of drug-likeness (QED) is 0.589. The zero-order chi connectivity index (χ0) is 9.90. The van der Waals surface area contributed by atoms with Gasteiger partial charge in [-0.1, -0.05) is 20.8 Å². The number of hydrogen-bond acceptors (Lipinski definition) is 0. The van der Waals surface area contributed by atoms with Gasteiger partial charge in [0.05, 0.1) is 26.7 Å². The van der Waals surface area contributed by atoms with Crippen LogP contribution in [0, 0.1) is 11.8 Å². The Labute approximate surface area is 83.7 Å². The van der Waals surface area contributed by atoms with E-state index in [4.69, 9.17) is 0 Å². The maximum atomic E-state index is 2.45. The molecule has 0 aliphatic carbocycles. The van der Waals surface area contributed by atoms with Crippen molar-refractivity contribution in [3.05, 3.63) is 0 Å². The lowest BCUT2D eigenvalue weighted by molar-refractivity contribution is -0.900. The van der Waals surface area contributed by atoms with Crippen LogP contribution >= 0.6 is 0 Å². The van der Waals surface area contributed by atoms with E-state index in [0.717, 1.165) is 11.8 Å². The van der Waals surface area contributed by atoms with Crippen molar-refractivity contribution in [2.75, 3.05) is 26.7 Å². The van der Waals surface area contributed by atoms with E-state index in [1.807, 2.05) is 0 Å². The summed E-state index contributed by atoms with van der Waals surface area (Å²) in [4.78, 5) is 0. The van der Waals surface area contributed by atoms with Gasteiger partial charge < -0.3 is 4.48 Å². The first-order valence-corrected chi connectivity index (χ1v) is 5.98. The van der Waals surface area contributed by atoms with Crippen molar-refractivity contribution in [3.8, 4) is 0 Å². The molecule has 0 saturated carbocycles. The van der Waals surface area contributed by atoms with Gasteiger partial charge in [0.1, 0.15) is 0 Å². The zero-order valence-corrected chi connectivity index (χ0v) is 9.84. The Morgan fingerprint density at radius 3 is 1.77 bits per heavy atom. The Kier molecular flexibility index (Phi) is 3.78. The van der Waals surface area contributed by atoms with Crippen LogP contribution in [0.3, 0.4) is 0 Å². The number of quaternary nitrogens is 1. The lowest BCUT2D eigenvalue weighted by Gasteiger charge is -2.29. The van der Waals surface area contributed by atoms with Gasteiger partial charge in [-0.15, -0.1) is 0 Å². The molecule has 0 radical (unpaired) electrons. The van der Waals surface area contributed by atoms with Crippen LogP contribution in [0.1, 0.15) is 40.0 Å². The number of likely N-dealkylation sites (tertiary alicyclic amines) is 1. The molecule has 0 aromatic heterocycles. The largest absolute Gasteiger partial charge is 0.326 e. The highest BCUT2D eigenvalue weighted by Gasteiger charge is 2.39. The Morgan fingerprint density at radius 1 is 1.00 bits per heavy atom. The van der Waals surface area contributed by atoms with E-state index in [-0.39, 0.29) is 0 Å². The zero-order valence-electron chi connectivity index (χ0n) is 9.84. The molecule has 78 valence electrons. The monoisotopic (exact) mass is 184 g/mol. The molecule has 2 unspecified atom stereocenters. The van der Waals surface area contributed by atoms with Crippen LogP contribution in [0.4, 0.5) is 0 Å². The summed E-state index contributed by atoms with van der Waals surface area (Å²) in [5.41, 5.74) is 0. The lowest BCUT2D eigenvalue weighted by Crippen LogP contribution is -2.42. The van der Waals surface area contributed by atoms with Crippen molar-refractivity contribution in [2.45, 2.75) is 40.0 Å². The second-order valence-electron chi connectivity index (χ2n) is 5.04. The average Bonchev–Trinajstić information content (AvgIpc) is 2.43. The summed E-state index contributed by atoms with van der Waals surface area (Å²) >= 11 is 0. The first-order valence-electron chi connectivity index (χ1n) is 5.98. The van der Waals surface area contributed by atoms with Gasteiger partial charge in [-0.25, -0.2) is 0 Å². The van der Waals surface area contributed by atoms with E-state index in [0.29, 0.717) is 0 Å². The standard InChI is InChI=1S/C12H26N/c1-5-8-13(4)9-11(6-2)12(7-3)10-13/h11-12H,5-10H2,1-4H3/q+1. The highest BCUT2D eigenvalue weighted by Crippen LogP contribution is 2.32. The van der Waals surface area contributed by atoms with E-state index in [1.54, 1.807) is 0 Å². The Balaban J connectivity index is 2.55. The van der Waals surface area contributed by atoms with Crippen LogP contribution in [0.15, 0.2) is 0 Å². The van der Waals surface area contributed by atoms with Gasteiger partial charge >= 0.3 is 0 Å². The Bertz CT molecular complexity index is 141. The van der Waals surface area contributed by atoms with E-state index >= 15 is 0 Å². The molecule has 13 heavy (non-hydrogen) atoms. The maximum absolute atomic E-state index is 2.45. The van der Waals surface area contributed by atoms with Crippen LogP contribution < -0.4 is 0 Å². The predicted molar refractivity (Wildman–Crippen MR) is 58.6 cm³/mol. The van der Waals surface area contributed by atoms with Gasteiger partial charge in [0.15, 0.2) is 0 Å². The molecule has 1 fully saturated rings. The Morgan fingerprint density at radius 2 is 1.46 bits per heavy atom. The maximum Gasteiger partial charge on any atom is 0.0818 e. The molecule has 0 N–H and O–H groups in total. The van der Waals surface area contributed by atoms with E-state index in [1.165, 1.54) is 43.4 Å². The summed E-state index contributed by atoms with van der Waals surface area (Å²) < 4.78 is 1.34. The summed E-state index contributed by atoms with van der Waals surface area (Å²) in [7, 11) is 2.45. The molecular weight excluding hydrogens is 158 g/mol. The summed E-state index contributed by atoms with van der Waals surface area (Å²) in [6.45, 7) is 11.3. The predicted octanol–water partition coefficient (Wildman–Crippen LogP) is 2.91. The molecular formula is C12H26N+. The van der Waals surface area contributed by atoms with Crippen molar-refractivity contribution in [3.63, 3.8) is 0 Å². The van der Waals surface area contributed by atoms with Crippen LogP contribution in [0.2, 0.25) is 0 Å². The minimum Gasteiger partial charge on any atom is -0.326 e. The van der Waals surface area contributed by atoms with Crippen molar-refractivity contribution in [1.29, 1.82) is 0 Å². The molecule has 0 aromatic rings. The van der Waals surface area contributed by atoms with Crippen LogP contribution in [0.25, 0.3) is 0 Å². The summed E-state index contributed by atoms with van der Waals surface area (Å²) in [6, 6.07) is 0. The van der Waals surface area contributed by atoms with Gasteiger partial charge in [-0.05, 0) is 19.3 Å². The molecule has 1 aliphatic heterocycles. The lowest BCUT2D eigenvalue weighted by atomic mass is 9.92. The van der Waals surface area contributed by atoms with Crippen LogP contribution in [-0.4, -0.2) is 31.2 Å². The van der Waals surface area contributed by atoms with E-state index in [9.17, 15) is 0 Å². The number of nitrogens with zero attached hydrogens (tertiary/aromatic N) is 1. The molecule has 1 heteroatoms. The number of rotatable bonds is 4. The fourth-order valence-electron chi connectivity index (χ4n) is 3.15. The third-order valence-electron chi connectivity index (χ3n) is 3.83. The molecule has 2 atom stereocenters. The van der Waals surface area contributed by atoms with Crippen molar-refractivity contribution >= 4 is 0 Å². The molecule has 0 bridgehead atoms. The molecule has 1 rings (SSSR count). The molecule has 0 amide bonds. The molecule has 1 nitrogen and oxygen atoms in total. The second-order valence-corrected chi connectivity index (χ2v) is 5.04. The van der Waals surface area contributed by atoms with Crippen LogP contribution in [0.5, 0.6) is 0 Å². The molecule has 0 aromatic carbocycles. The molecule has 1 saturated heterocycles. The fourth-order valence-corrected chi connectivity index (χ4v) is 3.15. The van der Waals surface area contributed by atoms with Crippen LogP contribution in [-0.2, 0) is 0 Å². The minimum atomic E-state index is 1.00. The van der Waals surface area contributed by atoms with E-state index < -0.39 is 0 Å². The summed E-state index contributed by atoms with van der Waals surface area (Å²) in [5.74, 6) is 2.00. The highest BCUT2D eigenvalue weighted by atomic mass is 15.3. The fraction of sp³-hybridized carbons (Fsp3) is 1.00. The Hall–Kier alpha value is -0.0400. The molecule has 1 aliphatic rings. The third-order valence-corrected chi connectivity index (χ3v) is 3.83. The first-order chi connectivity index (χ1) is 6.15. The average molecular weight is 184 g/mol. The van der Waals surface area contributed by atoms with Gasteiger partial charge in [0.25, 0.3) is 0 Å². The topological polar surface area (TPSA) is 0 Å². The first kappa shape index (κ1) is 11.0. The van der Waals surface area contributed by atoms with Crippen molar-refractivity contribution < 1.29 is 4.48 Å². The smallest absolute Gasteiger partial charge is 0.0818 e. The van der Waals surface area contributed by atoms with Crippen molar-refractivity contribution in [2.24, 2.45) is 11.8 Å². The summed E-state index contributed by atoms with van der Waals surface area (Å²) in [6.07, 6.45) is 4.11. The van der Waals surface area contributed by atoms with Gasteiger partial charge in [0, 0.05) is 11.8 Å². The highest BCUT2D eigenvalue weighted by molar-refractivity contribution is 4.74. The summed E-state index contributed by atoms with van der Waals surface area (Å²) in [5, 5.41) is 0. The van der Waals surface area contributed by atoms with Gasteiger partial charge in [-0.2, -0.15) is 0 Å². The molecule has 1 heterocycles. The minimum absolute atomic E-state index is 1.00. The molecule has 0 spiro atoms. The third kappa shape index (κ3) is 2.46. The number of hydrogen-bond donors (Lipinski definition) is 0. The SMILES string of the molecule is CCC[N+]1(C)CC(CC)C(CC)C1. The normalized spacial score (nSPS) is 39.7. The second kappa shape index (κ2) is 4.45.